The zero-order valence-electron chi connectivity index (χ0n) is 19.9. The summed E-state index contributed by atoms with van der Waals surface area (Å²) in [6.45, 7) is 13.2. The SMILES string of the molecule is COc1cc(=O)oc(C(C)(O)C=C(C)C(OC)C(C)=CC2(C)OC(C)C3(C)OC23)c1C. The molecule has 0 radical (unpaired) electrons. The largest absolute Gasteiger partial charge is 0.496 e. The van der Waals surface area contributed by atoms with Crippen molar-refractivity contribution < 1.29 is 28.5 Å². The summed E-state index contributed by atoms with van der Waals surface area (Å²) < 4.78 is 28.4. The first kappa shape index (κ1) is 23.7. The molecule has 0 aromatic carbocycles. The number of rotatable bonds is 7. The lowest BCUT2D eigenvalue weighted by atomic mass is 9.89. The van der Waals surface area contributed by atoms with E-state index in [1.807, 2.05) is 33.8 Å². The van der Waals surface area contributed by atoms with Gasteiger partial charge in [-0.25, -0.2) is 4.79 Å². The molecule has 3 rings (SSSR count). The van der Waals surface area contributed by atoms with Crippen LogP contribution >= 0.6 is 0 Å². The van der Waals surface area contributed by atoms with E-state index in [1.165, 1.54) is 13.2 Å². The van der Waals surface area contributed by atoms with Crippen molar-refractivity contribution >= 4 is 0 Å². The minimum Gasteiger partial charge on any atom is -0.496 e. The lowest BCUT2D eigenvalue weighted by molar-refractivity contribution is -0.0725. The molecule has 0 saturated carbocycles. The highest BCUT2D eigenvalue weighted by molar-refractivity contribution is 5.38. The van der Waals surface area contributed by atoms with Gasteiger partial charge in [0.2, 0.25) is 0 Å². The third-order valence-corrected chi connectivity index (χ3v) is 6.52. The molecule has 1 N–H and O–H groups in total. The van der Waals surface area contributed by atoms with Crippen molar-refractivity contribution in [3.63, 3.8) is 0 Å². The van der Waals surface area contributed by atoms with Crippen molar-refractivity contribution in [1.29, 1.82) is 0 Å². The number of epoxide rings is 1. The monoisotopic (exact) mass is 434 g/mol. The van der Waals surface area contributed by atoms with Crippen LogP contribution in [-0.2, 0) is 19.8 Å². The van der Waals surface area contributed by atoms with Crippen LogP contribution in [0.1, 0.15) is 52.9 Å². The lowest BCUT2D eigenvalue weighted by Gasteiger charge is -2.28. The smallest absolute Gasteiger partial charge is 0.339 e. The van der Waals surface area contributed by atoms with Gasteiger partial charge in [-0.05, 0) is 71.8 Å². The van der Waals surface area contributed by atoms with Crippen LogP contribution in [0, 0.1) is 6.92 Å². The van der Waals surface area contributed by atoms with E-state index in [9.17, 15) is 9.90 Å². The van der Waals surface area contributed by atoms with Crippen molar-refractivity contribution in [2.24, 2.45) is 0 Å². The molecule has 1 aromatic rings. The summed E-state index contributed by atoms with van der Waals surface area (Å²) in [5.74, 6) is 0.500. The third-order valence-electron chi connectivity index (χ3n) is 6.52. The summed E-state index contributed by atoms with van der Waals surface area (Å²) in [4.78, 5) is 11.9. The summed E-state index contributed by atoms with van der Waals surface area (Å²) in [6, 6.07) is 1.26. The summed E-state index contributed by atoms with van der Waals surface area (Å²) in [5, 5.41) is 11.2. The predicted molar refractivity (Wildman–Crippen MR) is 116 cm³/mol. The fourth-order valence-corrected chi connectivity index (χ4v) is 4.96. The molecule has 3 heterocycles. The number of methoxy groups -OCH3 is 2. The number of hydrogen-bond donors (Lipinski definition) is 1. The van der Waals surface area contributed by atoms with Crippen LogP contribution in [0.15, 0.2) is 38.6 Å². The van der Waals surface area contributed by atoms with Gasteiger partial charge < -0.3 is 28.5 Å². The number of aliphatic hydroxyl groups is 1. The van der Waals surface area contributed by atoms with Gasteiger partial charge in [-0.2, -0.15) is 0 Å². The van der Waals surface area contributed by atoms with Crippen LogP contribution in [-0.4, -0.2) is 48.8 Å². The molecule has 7 heteroatoms. The van der Waals surface area contributed by atoms with Crippen molar-refractivity contribution in [2.75, 3.05) is 14.2 Å². The summed E-state index contributed by atoms with van der Waals surface area (Å²) in [5.41, 5.74) is -0.665. The molecule has 172 valence electrons. The standard InChI is InChI=1S/C24H34O7/c1-13(11-22(5,26)20-15(3)17(27-8)10-18(25)29-20)19(28-9)14(2)12-23(6)21-24(7,31-21)16(4)30-23/h10-12,16,19,21,26H,1-9H3. The van der Waals surface area contributed by atoms with E-state index in [2.05, 4.69) is 6.92 Å². The van der Waals surface area contributed by atoms with Gasteiger partial charge in [-0.15, -0.1) is 0 Å². The van der Waals surface area contributed by atoms with Gasteiger partial charge >= 0.3 is 5.63 Å². The Kier molecular flexibility index (Phi) is 6.04. The highest BCUT2D eigenvalue weighted by Crippen LogP contribution is 2.55. The van der Waals surface area contributed by atoms with E-state index in [1.54, 1.807) is 27.0 Å². The second kappa shape index (κ2) is 7.89. The van der Waals surface area contributed by atoms with Gasteiger partial charge in [0.1, 0.15) is 34.4 Å². The topological polar surface area (TPSA) is 90.7 Å². The maximum absolute atomic E-state index is 11.9. The number of fused-ring (bicyclic) bond motifs is 1. The Balaban J connectivity index is 1.92. The minimum absolute atomic E-state index is 0.00329. The Labute approximate surface area is 183 Å². The molecule has 0 aliphatic carbocycles. The first-order chi connectivity index (χ1) is 14.3. The fourth-order valence-electron chi connectivity index (χ4n) is 4.96. The van der Waals surface area contributed by atoms with Crippen molar-refractivity contribution in [2.45, 2.75) is 83.6 Å². The molecule has 2 saturated heterocycles. The first-order valence-corrected chi connectivity index (χ1v) is 10.5. The van der Waals surface area contributed by atoms with Gasteiger partial charge in [0.05, 0.1) is 25.4 Å². The van der Waals surface area contributed by atoms with Crippen LogP contribution < -0.4 is 10.4 Å². The Morgan fingerprint density at radius 2 is 1.90 bits per heavy atom. The zero-order valence-corrected chi connectivity index (χ0v) is 19.9. The minimum atomic E-state index is -1.54. The van der Waals surface area contributed by atoms with E-state index < -0.39 is 22.9 Å². The first-order valence-electron chi connectivity index (χ1n) is 10.5. The summed E-state index contributed by atoms with van der Waals surface area (Å²) in [6.07, 6.45) is 3.29. The van der Waals surface area contributed by atoms with E-state index in [0.717, 1.165) is 11.1 Å². The fraction of sp³-hybridized carbons (Fsp3) is 0.625. The Hall–Kier alpha value is -1.93. The van der Waals surface area contributed by atoms with Gasteiger partial charge in [0.15, 0.2) is 0 Å². The van der Waals surface area contributed by atoms with E-state index in [4.69, 9.17) is 23.4 Å². The van der Waals surface area contributed by atoms with Crippen molar-refractivity contribution in [1.82, 2.24) is 0 Å². The normalized spacial score (nSPS) is 33.6. The molecule has 2 aliphatic rings. The highest BCUT2D eigenvalue weighted by Gasteiger charge is 2.71. The summed E-state index contributed by atoms with van der Waals surface area (Å²) in [7, 11) is 3.08. The van der Waals surface area contributed by atoms with E-state index in [-0.39, 0.29) is 23.6 Å². The van der Waals surface area contributed by atoms with Crippen LogP contribution in [0.5, 0.6) is 5.75 Å². The van der Waals surface area contributed by atoms with Crippen molar-refractivity contribution in [3.05, 3.63) is 51.1 Å². The molecule has 1 aromatic heterocycles. The number of ether oxygens (including phenoxy) is 4. The van der Waals surface area contributed by atoms with Gasteiger partial charge in [0.25, 0.3) is 0 Å². The zero-order chi connectivity index (χ0) is 23.4. The van der Waals surface area contributed by atoms with Gasteiger partial charge in [-0.3, -0.25) is 0 Å². The Morgan fingerprint density at radius 3 is 2.39 bits per heavy atom. The maximum atomic E-state index is 11.9. The van der Waals surface area contributed by atoms with E-state index >= 15 is 0 Å². The summed E-state index contributed by atoms with van der Waals surface area (Å²) >= 11 is 0. The molecule has 2 fully saturated rings. The molecule has 0 amide bonds. The van der Waals surface area contributed by atoms with E-state index in [0.29, 0.717) is 11.3 Å². The predicted octanol–water partition coefficient (Wildman–Crippen LogP) is 3.41. The second-order valence-electron chi connectivity index (χ2n) is 9.25. The van der Waals surface area contributed by atoms with Crippen LogP contribution in [0.2, 0.25) is 0 Å². The molecule has 6 unspecified atom stereocenters. The highest BCUT2D eigenvalue weighted by atomic mass is 16.7. The number of hydrogen-bond acceptors (Lipinski definition) is 7. The van der Waals surface area contributed by atoms with Crippen LogP contribution in [0.25, 0.3) is 0 Å². The molecule has 31 heavy (non-hydrogen) atoms. The molecule has 7 nitrogen and oxygen atoms in total. The van der Waals surface area contributed by atoms with Crippen molar-refractivity contribution in [3.8, 4) is 5.75 Å². The average molecular weight is 435 g/mol. The molecule has 0 spiro atoms. The van der Waals surface area contributed by atoms with Crippen LogP contribution in [0.4, 0.5) is 0 Å². The lowest BCUT2D eigenvalue weighted by Crippen LogP contribution is -2.32. The molecular formula is C24H34O7. The van der Waals surface area contributed by atoms with Gasteiger partial charge in [-0.1, -0.05) is 0 Å². The molecular weight excluding hydrogens is 400 g/mol. The van der Waals surface area contributed by atoms with Crippen LogP contribution in [0.3, 0.4) is 0 Å². The molecule has 2 aliphatic heterocycles. The maximum Gasteiger partial charge on any atom is 0.339 e. The quantitative estimate of drug-likeness (QED) is 0.519. The Bertz CT molecular complexity index is 973. The van der Waals surface area contributed by atoms with Gasteiger partial charge in [0, 0.05) is 12.7 Å². The second-order valence-corrected chi connectivity index (χ2v) is 9.25. The molecule has 0 bridgehead atoms. The average Bonchev–Trinajstić information content (AvgIpc) is 3.33. The Morgan fingerprint density at radius 1 is 1.26 bits per heavy atom. The third kappa shape index (κ3) is 4.12. The molecule has 6 atom stereocenters.